The Balaban J connectivity index is 2.50. The Morgan fingerprint density at radius 2 is 1.53 bits per heavy atom. The summed E-state index contributed by atoms with van der Waals surface area (Å²) in [6.07, 6.45) is 6.37. The highest BCUT2D eigenvalue weighted by Gasteiger charge is 2.13. The molecule has 7 heteroatoms. The van der Waals surface area contributed by atoms with E-state index in [0.717, 1.165) is 5.56 Å². The number of benzene rings is 2. The molecular formula is C23H26O7. The number of esters is 1. The second kappa shape index (κ2) is 10.8. The minimum absolute atomic E-state index is 0.0489. The predicted octanol–water partition coefficient (Wildman–Crippen LogP) is 4.17. The molecule has 0 aliphatic rings. The molecule has 0 heterocycles. The van der Waals surface area contributed by atoms with E-state index in [1.807, 2.05) is 0 Å². The van der Waals surface area contributed by atoms with Crippen LogP contribution in [0.15, 0.2) is 30.3 Å². The number of rotatable bonds is 9. The summed E-state index contributed by atoms with van der Waals surface area (Å²) in [7, 11) is 6.08. The zero-order valence-corrected chi connectivity index (χ0v) is 17.7. The standard InChI is InChI=1S/C23H26O7/c1-6-30-21(24)12-9-16-8-11-18(26-2)22(25)17(16)10-7-15-13-19(27-3)23(29-5)20(14-15)28-4/h7-14,25H,6H2,1-5H3/b10-7+,12-9+. The maximum Gasteiger partial charge on any atom is 0.330 e. The number of ether oxygens (including phenoxy) is 5. The van der Waals surface area contributed by atoms with Gasteiger partial charge in [0, 0.05) is 11.6 Å². The van der Waals surface area contributed by atoms with Gasteiger partial charge in [0.25, 0.3) is 0 Å². The van der Waals surface area contributed by atoms with E-state index in [9.17, 15) is 9.90 Å². The van der Waals surface area contributed by atoms with Crippen molar-refractivity contribution in [3.63, 3.8) is 0 Å². The number of aromatic hydroxyl groups is 1. The minimum atomic E-state index is -0.465. The average Bonchev–Trinajstić information content (AvgIpc) is 2.76. The first-order chi connectivity index (χ1) is 14.5. The Morgan fingerprint density at radius 3 is 2.07 bits per heavy atom. The van der Waals surface area contributed by atoms with Crippen LogP contribution < -0.4 is 18.9 Å². The van der Waals surface area contributed by atoms with Gasteiger partial charge in [0.05, 0.1) is 35.0 Å². The molecule has 0 saturated carbocycles. The fourth-order valence-corrected chi connectivity index (χ4v) is 2.81. The molecule has 0 aliphatic carbocycles. The minimum Gasteiger partial charge on any atom is -0.504 e. The maximum absolute atomic E-state index is 11.7. The lowest BCUT2D eigenvalue weighted by Crippen LogP contribution is -1.99. The van der Waals surface area contributed by atoms with Gasteiger partial charge in [-0.3, -0.25) is 0 Å². The van der Waals surface area contributed by atoms with Crippen LogP contribution in [0.4, 0.5) is 0 Å². The Hall–Kier alpha value is -3.61. The quantitative estimate of drug-likeness (QED) is 0.374. The molecule has 160 valence electrons. The lowest BCUT2D eigenvalue weighted by Gasteiger charge is -2.13. The fourth-order valence-electron chi connectivity index (χ4n) is 2.81. The smallest absolute Gasteiger partial charge is 0.330 e. The van der Waals surface area contributed by atoms with E-state index in [4.69, 9.17) is 23.7 Å². The monoisotopic (exact) mass is 414 g/mol. The molecule has 0 aromatic heterocycles. The van der Waals surface area contributed by atoms with Crippen molar-refractivity contribution >= 4 is 24.2 Å². The van der Waals surface area contributed by atoms with E-state index in [2.05, 4.69) is 0 Å². The van der Waals surface area contributed by atoms with Crippen LogP contribution in [0.3, 0.4) is 0 Å². The largest absolute Gasteiger partial charge is 0.504 e. The molecule has 1 N–H and O–H groups in total. The normalized spacial score (nSPS) is 11.0. The molecule has 0 bridgehead atoms. The van der Waals surface area contributed by atoms with Crippen LogP contribution in [0.5, 0.6) is 28.7 Å². The first-order valence-corrected chi connectivity index (χ1v) is 9.21. The molecule has 0 radical (unpaired) electrons. The molecule has 30 heavy (non-hydrogen) atoms. The van der Waals surface area contributed by atoms with Crippen molar-refractivity contribution in [3.05, 3.63) is 47.0 Å². The van der Waals surface area contributed by atoms with E-state index in [-0.39, 0.29) is 12.4 Å². The number of carbonyl (C=O) groups is 1. The van der Waals surface area contributed by atoms with Gasteiger partial charge < -0.3 is 28.8 Å². The third-order valence-electron chi connectivity index (χ3n) is 4.25. The van der Waals surface area contributed by atoms with Crippen molar-refractivity contribution in [2.75, 3.05) is 35.0 Å². The van der Waals surface area contributed by atoms with Gasteiger partial charge in [-0.25, -0.2) is 4.79 Å². The first-order valence-electron chi connectivity index (χ1n) is 9.21. The lowest BCUT2D eigenvalue weighted by atomic mass is 10.0. The second-order valence-electron chi connectivity index (χ2n) is 6.00. The second-order valence-corrected chi connectivity index (χ2v) is 6.00. The van der Waals surface area contributed by atoms with E-state index >= 15 is 0 Å². The van der Waals surface area contributed by atoms with Crippen molar-refractivity contribution in [1.29, 1.82) is 0 Å². The van der Waals surface area contributed by atoms with E-state index < -0.39 is 5.97 Å². The molecule has 2 aromatic rings. The molecule has 2 aromatic carbocycles. The highest BCUT2D eigenvalue weighted by Crippen LogP contribution is 2.39. The van der Waals surface area contributed by atoms with Gasteiger partial charge in [0.1, 0.15) is 0 Å². The molecule has 0 fully saturated rings. The molecule has 0 unspecified atom stereocenters. The summed E-state index contributed by atoms with van der Waals surface area (Å²) in [5, 5.41) is 10.6. The highest BCUT2D eigenvalue weighted by molar-refractivity contribution is 5.89. The molecule has 7 nitrogen and oxygen atoms in total. The molecule has 2 rings (SSSR count). The Kier molecular flexibility index (Phi) is 8.17. The third-order valence-corrected chi connectivity index (χ3v) is 4.25. The van der Waals surface area contributed by atoms with Gasteiger partial charge in [-0.2, -0.15) is 0 Å². The van der Waals surface area contributed by atoms with E-state index in [1.165, 1.54) is 34.5 Å². The van der Waals surface area contributed by atoms with E-state index in [0.29, 0.717) is 34.1 Å². The van der Waals surface area contributed by atoms with Gasteiger partial charge in [-0.1, -0.05) is 12.1 Å². The number of phenolic OH excluding ortho intramolecular Hbond substituents is 1. The number of hydrogen-bond donors (Lipinski definition) is 1. The molecule has 0 spiro atoms. The van der Waals surface area contributed by atoms with Gasteiger partial charge >= 0.3 is 5.97 Å². The van der Waals surface area contributed by atoms with Crippen molar-refractivity contribution in [2.45, 2.75) is 6.92 Å². The highest BCUT2D eigenvalue weighted by atomic mass is 16.5. The Labute approximate surface area is 176 Å². The number of phenols is 1. The van der Waals surface area contributed by atoms with E-state index in [1.54, 1.807) is 49.4 Å². The number of hydrogen-bond acceptors (Lipinski definition) is 7. The van der Waals surface area contributed by atoms with Crippen LogP contribution >= 0.6 is 0 Å². The molecule has 0 aliphatic heterocycles. The van der Waals surface area contributed by atoms with Crippen LogP contribution in [0, 0.1) is 0 Å². The topological polar surface area (TPSA) is 83.5 Å². The molecular weight excluding hydrogens is 388 g/mol. The third kappa shape index (κ3) is 5.26. The lowest BCUT2D eigenvalue weighted by molar-refractivity contribution is -0.137. The predicted molar refractivity (Wildman–Crippen MR) is 115 cm³/mol. The van der Waals surface area contributed by atoms with Gasteiger partial charge in [0.15, 0.2) is 23.0 Å². The van der Waals surface area contributed by atoms with Crippen molar-refractivity contribution in [3.8, 4) is 28.7 Å². The maximum atomic E-state index is 11.7. The summed E-state index contributed by atoms with van der Waals surface area (Å²) >= 11 is 0. The molecule has 0 saturated heterocycles. The summed E-state index contributed by atoms with van der Waals surface area (Å²) in [4.78, 5) is 11.7. The van der Waals surface area contributed by atoms with Crippen molar-refractivity contribution in [2.24, 2.45) is 0 Å². The summed E-state index contributed by atoms with van der Waals surface area (Å²) in [6, 6.07) is 6.92. The molecule has 0 atom stereocenters. The van der Waals surface area contributed by atoms with Crippen LogP contribution in [0.2, 0.25) is 0 Å². The van der Waals surface area contributed by atoms with Crippen LogP contribution in [0.25, 0.3) is 18.2 Å². The van der Waals surface area contributed by atoms with Gasteiger partial charge in [-0.15, -0.1) is 0 Å². The first kappa shape index (κ1) is 22.7. The number of carbonyl (C=O) groups excluding carboxylic acids is 1. The van der Waals surface area contributed by atoms with Crippen molar-refractivity contribution in [1.82, 2.24) is 0 Å². The summed E-state index contributed by atoms with van der Waals surface area (Å²) in [5.41, 5.74) is 1.85. The zero-order chi connectivity index (χ0) is 22.1. The Bertz CT molecular complexity index is 920. The van der Waals surface area contributed by atoms with Crippen molar-refractivity contribution < 1.29 is 33.6 Å². The van der Waals surface area contributed by atoms with Crippen LogP contribution in [-0.4, -0.2) is 46.1 Å². The zero-order valence-electron chi connectivity index (χ0n) is 17.7. The molecule has 0 amide bonds. The average molecular weight is 414 g/mol. The summed E-state index contributed by atoms with van der Waals surface area (Å²) in [6.45, 7) is 2.02. The van der Waals surface area contributed by atoms with Crippen LogP contribution in [-0.2, 0) is 9.53 Å². The van der Waals surface area contributed by atoms with Gasteiger partial charge in [-0.05, 0) is 48.4 Å². The Morgan fingerprint density at radius 1 is 0.900 bits per heavy atom. The summed E-state index contributed by atoms with van der Waals surface area (Å²) < 4.78 is 26.2. The number of methoxy groups -OCH3 is 4. The van der Waals surface area contributed by atoms with Crippen LogP contribution in [0.1, 0.15) is 23.6 Å². The SMILES string of the molecule is CCOC(=O)/C=C/c1ccc(OC)c(O)c1/C=C/c1cc(OC)c(OC)c(OC)c1. The van der Waals surface area contributed by atoms with Gasteiger partial charge in [0.2, 0.25) is 5.75 Å². The summed E-state index contributed by atoms with van der Waals surface area (Å²) in [5.74, 6) is 1.30. The fraction of sp³-hybridized carbons (Fsp3) is 0.261.